The van der Waals surface area contributed by atoms with Crippen molar-refractivity contribution in [3.63, 3.8) is 0 Å². The topological polar surface area (TPSA) is 82.2 Å². The van der Waals surface area contributed by atoms with E-state index in [1.807, 2.05) is 49.5 Å². The van der Waals surface area contributed by atoms with E-state index >= 15 is 0 Å². The summed E-state index contributed by atoms with van der Waals surface area (Å²) in [4.78, 5) is 24.4. The largest absolute Gasteiger partial charge is 0.354 e. The number of carbonyl (C=O) groups excluding carboxylic acids is 1. The molecule has 0 spiro atoms. The number of benzene rings is 3. The molecule has 212 valence electrons. The van der Waals surface area contributed by atoms with E-state index in [1.165, 1.54) is 11.1 Å². The van der Waals surface area contributed by atoms with Crippen LogP contribution in [-0.2, 0) is 6.42 Å². The van der Waals surface area contributed by atoms with Crippen molar-refractivity contribution in [3.05, 3.63) is 106 Å². The first-order chi connectivity index (χ1) is 19.9. The van der Waals surface area contributed by atoms with Gasteiger partial charge < -0.3 is 20.9 Å². The van der Waals surface area contributed by atoms with Crippen LogP contribution in [0.4, 0.5) is 16.4 Å². The van der Waals surface area contributed by atoms with Crippen LogP contribution in [0.1, 0.15) is 54.0 Å². The van der Waals surface area contributed by atoms with Gasteiger partial charge in [0, 0.05) is 34.4 Å². The quantitative estimate of drug-likeness (QED) is 0.165. The first-order valence-electron chi connectivity index (χ1n) is 14.1. The van der Waals surface area contributed by atoms with Crippen LogP contribution in [0.15, 0.2) is 83.5 Å². The number of hydrogen-bond donors (Lipinski definition) is 3. The zero-order chi connectivity index (χ0) is 28.8. The van der Waals surface area contributed by atoms with Gasteiger partial charge in [0.05, 0.1) is 11.7 Å². The van der Waals surface area contributed by atoms with Crippen LogP contribution in [-0.4, -0.2) is 48.1 Å². The zero-order valence-electron chi connectivity index (χ0n) is 23.8. The number of aromatic nitrogens is 2. The van der Waals surface area contributed by atoms with Crippen LogP contribution >= 0.6 is 15.9 Å². The predicted molar refractivity (Wildman–Crippen MR) is 170 cm³/mol. The number of nitrogens with zero attached hydrogens (tertiary/aromatic N) is 3. The van der Waals surface area contributed by atoms with Crippen LogP contribution in [0.25, 0.3) is 11.3 Å². The van der Waals surface area contributed by atoms with E-state index in [1.54, 1.807) is 0 Å². The molecule has 0 bridgehead atoms. The molecular weight excluding hydrogens is 576 g/mol. The molecule has 0 aliphatic heterocycles. The molecule has 0 radical (unpaired) electrons. The first-order valence-corrected chi connectivity index (χ1v) is 14.9. The van der Waals surface area contributed by atoms with Crippen molar-refractivity contribution < 1.29 is 4.79 Å². The maximum Gasteiger partial charge on any atom is 0.319 e. The number of rotatable bonds is 10. The van der Waals surface area contributed by atoms with E-state index in [4.69, 9.17) is 4.98 Å². The van der Waals surface area contributed by atoms with Crippen LogP contribution in [0.5, 0.6) is 0 Å². The smallest absolute Gasteiger partial charge is 0.319 e. The van der Waals surface area contributed by atoms with Crippen LogP contribution < -0.4 is 16.0 Å². The van der Waals surface area contributed by atoms with Gasteiger partial charge in [-0.15, -0.1) is 0 Å². The van der Waals surface area contributed by atoms with Crippen LogP contribution in [0, 0.1) is 0 Å². The van der Waals surface area contributed by atoms with Gasteiger partial charge >= 0.3 is 6.03 Å². The summed E-state index contributed by atoms with van der Waals surface area (Å²) in [5.41, 5.74) is 7.57. The second-order valence-electron chi connectivity index (χ2n) is 10.8. The Bertz CT molecular complexity index is 1470. The molecule has 2 amide bonds. The highest BCUT2D eigenvalue weighted by molar-refractivity contribution is 9.10. The SMILES string of the molecule is CC(NC(=O)Nc1ccc(C2Cc3cnc(NCCCCN(C)C)nc3-c3ccccc32)cc1)c1ccc(Br)cc1. The fourth-order valence-corrected chi connectivity index (χ4v) is 5.53. The van der Waals surface area contributed by atoms with E-state index in [0.717, 1.165) is 64.9 Å². The van der Waals surface area contributed by atoms with Crippen molar-refractivity contribution in [2.24, 2.45) is 0 Å². The lowest BCUT2D eigenvalue weighted by molar-refractivity contribution is 0.249. The second kappa shape index (κ2) is 13.3. The number of nitrogens with one attached hydrogen (secondary N) is 3. The van der Waals surface area contributed by atoms with Crippen molar-refractivity contribution in [2.75, 3.05) is 37.8 Å². The number of carbonyl (C=O) groups is 1. The van der Waals surface area contributed by atoms with Crippen molar-refractivity contribution in [2.45, 2.75) is 38.1 Å². The van der Waals surface area contributed by atoms with Gasteiger partial charge in [-0.2, -0.15) is 0 Å². The molecule has 7 nitrogen and oxygen atoms in total. The van der Waals surface area contributed by atoms with Gasteiger partial charge in [0.2, 0.25) is 5.95 Å². The minimum Gasteiger partial charge on any atom is -0.354 e. The Hall–Kier alpha value is -3.75. The molecule has 1 aliphatic rings. The molecule has 2 atom stereocenters. The Kier molecular flexibility index (Phi) is 9.31. The fraction of sp³-hybridized carbons (Fsp3) is 0.303. The Morgan fingerprint density at radius 1 is 1.02 bits per heavy atom. The van der Waals surface area contributed by atoms with Gasteiger partial charge in [0.25, 0.3) is 0 Å². The first kappa shape index (κ1) is 28.8. The van der Waals surface area contributed by atoms with Gasteiger partial charge in [-0.25, -0.2) is 14.8 Å². The highest BCUT2D eigenvalue weighted by Crippen LogP contribution is 2.42. The number of halogens is 1. The molecule has 2 unspecified atom stereocenters. The Morgan fingerprint density at radius 3 is 2.54 bits per heavy atom. The molecule has 0 saturated carbocycles. The molecule has 1 aromatic heterocycles. The average Bonchev–Trinajstić information content (AvgIpc) is 2.97. The Balaban J connectivity index is 1.24. The minimum atomic E-state index is -0.232. The Morgan fingerprint density at radius 2 is 1.78 bits per heavy atom. The predicted octanol–water partition coefficient (Wildman–Crippen LogP) is 7.23. The zero-order valence-corrected chi connectivity index (χ0v) is 25.4. The molecule has 0 saturated heterocycles. The monoisotopic (exact) mass is 612 g/mol. The number of urea groups is 1. The summed E-state index contributed by atoms with van der Waals surface area (Å²) in [6.45, 7) is 3.91. The molecule has 4 aromatic rings. The molecule has 41 heavy (non-hydrogen) atoms. The molecule has 1 aliphatic carbocycles. The Labute approximate surface area is 250 Å². The summed E-state index contributed by atoms with van der Waals surface area (Å²) < 4.78 is 1.01. The van der Waals surface area contributed by atoms with Gasteiger partial charge in [-0.1, -0.05) is 64.5 Å². The van der Waals surface area contributed by atoms with Gasteiger partial charge in [0.1, 0.15) is 0 Å². The third kappa shape index (κ3) is 7.31. The van der Waals surface area contributed by atoms with Crippen molar-refractivity contribution >= 4 is 33.6 Å². The van der Waals surface area contributed by atoms with E-state index in [0.29, 0.717) is 5.95 Å². The lowest BCUT2D eigenvalue weighted by Gasteiger charge is -2.27. The third-order valence-corrected chi connectivity index (χ3v) is 8.01. The molecule has 0 fully saturated rings. The van der Waals surface area contributed by atoms with Crippen LogP contribution in [0.2, 0.25) is 0 Å². The average molecular weight is 614 g/mol. The number of unbranched alkanes of at least 4 members (excludes halogenated alkanes) is 1. The van der Waals surface area contributed by atoms with E-state index < -0.39 is 0 Å². The van der Waals surface area contributed by atoms with E-state index in [9.17, 15) is 4.79 Å². The maximum atomic E-state index is 12.7. The summed E-state index contributed by atoms with van der Waals surface area (Å²) in [5, 5.41) is 9.38. The number of amides is 2. The second-order valence-corrected chi connectivity index (χ2v) is 11.8. The molecule has 3 N–H and O–H groups in total. The van der Waals surface area contributed by atoms with Crippen molar-refractivity contribution in [1.29, 1.82) is 0 Å². The minimum absolute atomic E-state index is 0.109. The highest BCUT2D eigenvalue weighted by atomic mass is 79.9. The molecule has 8 heteroatoms. The molecular formula is C33H37BrN6O. The molecule has 3 aromatic carbocycles. The number of fused-ring (bicyclic) bond motifs is 3. The molecule has 5 rings (SSSR count). The summed E-state index contributed by atoms with van der Waals surface area (Å²) in [6.07, 6.45) is 5.02. The van der Waals surface area contributed by atoms with E-state index in [-0.39, 0.29) is 18.0 Å². The normalized spacial score (nSPS) is 14.6. The standard InChI is InChI=1S/C33H37BrN6O/c1-22(23-10-14-26(34)15-11-23)37-33(41)38-27-16-12-24(13-17-27)30-20-25-21-36-32(35-18-6-7-19-40(2)3)39-31(25)29-9-5-4-8-28(29)30/h4-5,8-17,21-22,30H,6-7,18-20H2,1-3H3,(H,35,36,39)(H2,37,38,41). The van der Waals surface area contributed by atoms with E-state index in [2.05, 4.69) is 92.3 Å². The molecule has 1 heterocycles. The summed E-state index contributed by atoms with van der Waals surface area (Å²) in [6, 6.07) is 24.3. The summed E-state index contributed by atoms with van der Waals surface area (Å²) >= 11 is 3.45. The highest BCUT2D eigenvalue weighted by Gasteiger charge is 2.27. The van der Waals surface area contributed by atoms with Crippen molar-refractivity contribution in [1.82, 2.24) is 20.2 Å². The third-order valence-electron chi connectivity index (χ3n) is 7.48. The van der Waals surface area contributed by atoms with Crippen molar-refractivity contribution in [3.8, 4) is 11.3 Å². The summed E-state index contributed by atoms with van der Waals surface area (Å²) in [7, 11) is 4.20. The lowest BCUT2D eigenvalue weighted by Crippen LogP contribution is -2.31. The van der Waals surface area contributed by atoms with Gasteiger partial charge in [0.15, 0.2) is 0 Å². The number of hydrogen-bond acceptors (Lipinski definition) is 5. The maximum absolute atomic E-state index is 12.7. The lowest BCUT2D eigenvalue weighted by atomic mass is 9.78. The van der Waals surface area contributed by atoms with Crippen LogP contribution in [0.3, 0.4) is 0 Å². The van der Waals surface area contributed by atoms with Gasteiger partial charge in [-0.05, 0) is 93.3 Å². The number of anilines is 2. The van der Waals surface area contributed by atoms with Gasteiger partial charge in [-0.3, -0.25) is 0 Å². The fourth-order valence-electron chi connectivity index (χ4n) is 5.27. The summed E-state index contributed by atoms with van der Waals surface area (Å²) in [5.74, 6) is 0.873.